The van der Waals surface area contributed by atoms with Crippen LogP contribution < -0.4 is 10.2 Å². The fraction of sp³-hybridized carbons (Fsp3) is 0.910. The van der Waals surface area contributed by atoms with Gasteiger partial charge in [0.15, 0.2) is 0 Å². The molecule has 0 aromatic rings. The Hall–Kier alpha value is -1.28. The number of carbonyl (C=O) groups excluding carboxylic acids is 1. The number of nitrogens with zero attached hydrogens (tertiary/aromatic N) is 1. The van der Waals surface area contributed by atoms with Crippen molar-refractivity contribution in [1.82, 2.24) is 5.32 Å². The SMILES string of the molecule is CCCCCCC/C=C\C/C=C\C/C=C\CCCCCCCCCCCCCCCCCCCCCCCCCCCCC(=O)NC(COP(=O)([O-])OCC[N+](C)(C)C)C(O)CCCCCCCCCCCCCCCCCCCCCCCCCC. The van der Waals surface area contributed by atoms with E-state index in [1.165, 1.54) is 327 Å². The van der Waals surface area contributed by atoms with Crippen molar-refractivity contribution in [2.75, 3.05) is 40.9 Å². The topological polar surface area (TPSA) is 108 Å². The maximum absolute atomic E-state index is 13.1. The molecule has 9 heteroatoms. The van der Waals surface area contributed by atoms with Gasteiger partial charge in [-0.15, -0.1) is 0 Å². The number of carbonyl (C=O) groups is 1. The number of hydrogen-bond donors (Lipinski definition) is 2. The number of aliphatic hydroxyl groups is 1. The Bertz CT molecular complexity index is 1510. The Morgan fingerprint density at radius 2 is 0.667 bits per heavy atom. The van der Waals surface area contributed by atoms with Crippen LogP contribution >= 0.6 is 7.82 Å². The summed E-state index contributed by atoms with van der Waals surface area (Å²) < 4.78 is 23.6. The maximum atomic E-state index is 13.1. The molecule has 0 saturated heterocycles. The molecule has 0 bridgehead atoms. The van der Waals surface area contributed by atoms with Gasteiger partial charge < -0.3 is 28.8 Å². The molecule has 0 fully saturated rings. The van der Waals surface area contributed by atoms with Crippen LogP contribution in [-0.2, 0) is 18.4 Å². The molecule has 0 saturated carbocycles. The van der Waals surface area contributed by atoms with Crippen LogP contribution in [0.1, 0.15) is 406 Å². The summed E-state index contributed by atoms with van der Waals surface area (Å²) in [7, 11) is 1.33. The van der Waals surface area contributed by atoms with Crippen molar-refractivity contribution >= 4 is 13.7 Å². The van der Waals surface area contributed by atoms with Crippen molar-refractivity contribution < 1.29 is 32.9 Å². The molecule has 1 amide bonds. The molecule has 87 heavy (non-hydrogen) atoms. The molecular weight excluding hydrogens is 1090 g/mol. The summed E-state index contributed by atoms with van der Waals surface area (Å²) in [5.74, 6) is -0.155. The van der Waals surface area contributed by atoms with Crippen LogP contribution in [0.25, 0.3) is 0 Å². The van der Waals surface area contributed by atoms with Crippen molar-refractivity contribution in [3.05, 3.63) is 36.5 Å². The summed E-state index contributed by atoms with van der Waals surface area (Å²) >= 11 is 0. The van der Waals surface area contributed by atoms with E-state index in [9.17, 15) is 19.4 Å². The van der Waals surface area contributed by atoms with Gasteiger partial charge in [0.2, 0.25) is 5.91 Å². The van der Waals surface area contributed by atoms with Gasteiger partial charge >= 0.3 is 0 Å². The second kappa shape index (κ2) is 69.1. The van der Waals surface area contributed by atoms with Crippen molar-refractivity contribution in [2.45, 2.75) is 418 Å². The van der Waals surface area contributed by atoms with E-state index in [-0.39, 0.29) is 19.1 Å². The average Bonchev–Trinajstić information content (AvgIpc) is 3.71. The highest BCUT2D eigenvalue weighted by Crippen LogP contribution is 2.38. The molecule has 0 spiro atoms. The molecule has 2 N–H and O–H groups in total. The second-order valence-electron chi connectivity index (χ2n) is 28.1. The third kappa shape index (κ3) is 72.0. The van der Waals surface area contributed by atoms with Crippen molar-refractivity contribution in [3.8, 4) is 0 Å². The lowest BCUT2D eigenvalue weighted by atomic mass is 10.0. The Labute approximate surface area is 544 Å². The van der Waals surface area contributed by atoms with Gasteiger partial charge in [0.05, 0.1) is 39.9 Å². The zero-order valence-electron chi connectivity index (χ0n) is 59.3. The van der Waals surface area contributed by atoms with Gasteiger partial charge in [0, 0.05) is 6.42 Å². The summed E-state index contributed by atoms with van der Waals surface area (Å²) in [6, 6.07) is -0.800. The van der Waals surface area contributed by atoms with Crippen LogP contribution in [0.2, 0.25) is 0 Å². The number of aliphatic hydroxyl groups excluding tert-OH is 1. The third-order valence-corrected chi connectivity index (χ3v) is 19.1. The molecule has 8 nitrogen and oxygen atoms in total. The van der Waals surface area contributed by atoms with Gasteiger partial charge in [-0.2, -0.15) is 0 Å². The first kappa shape index (κ1) is 85.7. The minimum Gasteiger partial charge on any atom is -0.756 e. The molecule has 0 aromatic carbocycles. The highest BCUT2D eigenvalue weighted by Gasteiger charge is 2.24. The Balaban J connectivity index is 3.88. The standard InChI is InChI=1S/C78H153N2O6P/c1-6-8-10-12-14-16-18-20-22-24-26-28-30-32-33-34-35-36-37-38-39-40-41-42-43-44-45-46-47-48-50-52-54-56-58-60-62-64-66-68-70-72-78(82)79-76(75-86-87(83,84)85-74-73-80(3,4)5)77(81)71-69-67-65-63-61-59-57-55-53-51-49-31-29-27-25-23-21-19-17-15-13-11-9-7-2/h18,20,24,26,30,32,76-77,81H,6-17,19,21-23,25,27-29,31,33-75H2,1-5H3,(H-,79,82,83,84)/b20-18-,26-24-,32-30-. The van der Waals surface area contributed by atoms with E-state index in [0.29, 0.717) is 23.9 Å². The number of allylic oxidation sites excluding steroid dienone is 6. The number of unbranched alkanes of at least 4 members (excludes halogenated alkanes) is 54. The lowest BCUT2D eigenvalue weighted by Crippen LogP contribution is -2.46. The fourth-order valence-corrected chi connectivity index (χ4v) is 12.8. The first-order valence-corrected chi connectivity index (χ1v) is 40.3. The Morgan fingerprint density at radius 1 is 0.402 bits per heavy atom. The average molecular weight is 1250 g/mol. The third-order valence-electron chi connectivity index (χ3n) is 18.1. The molecule has 0 aromatic heterocycles. The molecule has 0 radical (unpaired) electrons. The highest BCUT2D eigenvalue weighted by atomic mass is 31.2. The minimum atomic E-state index is -4.58. The van der Waals surface area contributed by atoms with Gasteiger partial charge in [0.1, 0.15) is 13.2 Å². The molecule has 3 unspecified atom stereocenters. The number of hydrogen-bond acceptors (Lipinski definition) is 6. The number of rotatable bonds is 73. The van der Waals surface area contributed by atoms with Gasteiger partial charge in [-0.05, 0) is 51.4 Å². The molecule has 0 heterocycles. The molecule has 0 aliphatic carbocycles. The highest BCUT2D eigenvalue weighted by molar-refractivity contribution is 7.45. The van der Waals surface area contributed by atoms with E-state index in [1.807, 2.05) is 21.1 Å². The van der Waals surface area contributed by atoms with E-state index in [4.69, 9.17) is 9.05 Å². The van der Waals surface area contributed by atoms with Crippen LogP contribution in [0, 0.1) is 0 Å². The number of nitrogens with one attached hydrogen (secondary N) is 1. The lowest BCUT2D eigenvalue weighted by molar-refractivity contribution is -0.870. The van der Waals surface area contributed by atoms with Crippen molar-refractivity contribution in [1.29, 1.82) is 0 Å². The summed E-state index contributed by atoms with van der Waals surface area (Å²) in [6.45, 7) is 4.78. The van der Waals surface area contributed by atoms with E-state index in [0.717, 1.165) is 51.4 Å². The molecule has 0 aliphatic heterocycles. The predicted octanol–water partition coefficient (Wildman–Crippen LogP) is 24.5. The van der Waals surface area contributed by atoms with Crippen molar-refractivity contribution in [3.63, 3.8) is 0 Å². The Kier molecular flexibility index (Phi) is 68.1. The summed E-state index contributed by atoms with van der Waals surface area (Å²) in [4.78, 5) is 25.7. The number of phosphoric ester groups is 1. The second-order valence-corrected chi connectivity index (χ2v) is 29.5. The number of likely N-dealkylation sites (N-methyl/N-ethyl adjacent to an activating group) is 1. The predicted molar refractivity (Wildman–Crippen MR) is 381 cm³/mol. The lowest BCUT2D eigenvalue weighted by Gasteiger charge is -2.30. The fourth-order valence-electron chi connectivity index (χ4n) is 12.1. The maximum Gasteiger partial charge on any atom is 0.268 e. The first-order valence-electron chi connectivity index (χ1n) is 38.8. The van der Waals surface area contributed by atoms with Crippen molar-refractivity contribution in [2.24, 2.45) is 0 Å². The first-order chi connectivity index (χ1) is 42.5. The molecule has 516 valence electrons. The van der Waals surface area contributed by atoms with Gasteiger partial charge in [0.25, 0.3) is 7.82 Å². The van der Waals surface area contributed by atoms with Gasteiger partial charge in [-0.3, -0.25) is 9.36 Å². The summed E-state index contributed by atoms with van der Waals surface area (Å²) in [5, 5.41) is 14.1. The van der Waals surface area contributed by atoms with Crippen LogP contribution in [0.4, 0.5) is 0 Å². The smallest absolute Gasteiger partial charge is 0.268 e. The zero-order valence-corrected chi connectivity index (χ0v) is 60.2. The normalized spacial score (nSPS) is 13.7. The van der Waals surface area contributed by atoms with Crippen LogP contribution in [-0.4, -0.2) is 68.5 Å². The van der Waals surface area contributed by atoms with E-state index in [2.05, 4.69) is 55.6 Å². The van der Waals surface area contributed by atoms with Gasteiger partial charge in [-0.25, -0.2) is 0 Å². The Morgan fingerprint density at radius 3 is 0.966 bits per heavy atom. The molecule has 0 rings (SSSR count). The van der Waals surface area contributed by atoms with E-state index in [1.54, 1.807) is 0 Å². The van der Waals surface area contributed by atoms with Crippen LogP contribution in [0.5, 0.6) is 0 Å². The summed E-state index contributed by atoms with van der Waals surface area (Å²) in [6.07, 6.45) is 92.6. The van der Waals surface area contributed by atoms with Gasteiger partial charge in [-0.1, -0.05) is 384 Å². The zero-order chi connectivity index (χ0) is 63.4. The largest absolute Gasteiger partial charge is 0.756 e. The quantitative estimate of drug-likeness (QED) is 0.0272. The summed E-state index contributed by atoms with van der Waals surface area (Å²) in [5.41, 5.74) is 0. The van der Waals surface area contributed by atoms with Crippen LogP contribution in [0.15, 0.2) is 36.5 Å². The minimum absolute atomic E-state index is 0.0152. The number of quaternary nitrogens is 1. The molecule has 3 atom stereocenters. The van der Waals surface area contributed by atoms with Crippen LogP contribution in [0.3, 0.4) is 0 Å². The van der Waals surface area contributed by atoms with E-state index < -0.39 is 20.0 Å². The number of amides is 1. The molecular formula is C78H153N2O6P. The monoisotopic (exact) mass is 1250 g/mol. The number of phosphoric acid groups is 1. The molecule has 0 aliphatic rings. The van der Waals surface area contributed by atoms with E-state index >= 15 is 0 Å².